The smallest absolute Gasteiger partial charge is 0.340 e. The molecule has 0 unspecified atom stereocenters. The minimum absolute atomic E-state index is 0.0334. The van der Waals surface area contributed by atoms with E-state index in [1.54, 1.807) is 0 Å². The van der Waals surface area contributed by atoms with Crippen LogP contribution in [0, 0.1) is 5.41 Å². The molecule has 146 valence electrons. The van der Waals surface area contributed by atoms with Crippen LogP contribution in [0.4, 0.5) is 13.2 Å². The highest BCUT2D eigenvalue weighted by molar-refractivity contribution is 5.82. The maximum atomic E-state index is 12.6. The second kappa shape index (κ2) is 7.96. The van der Waals surface area contributed by atoms with Crippen molar-refractivity contribution < 1.29 is 18.0 Å². The van der Waals surface area contributed by atoms with E-state index in [-0.39, 0.29) is 11.3 Å². The van der Waals surface area contributed by atoms with Gasteiger partial charge in [-0.3, -0.25) is 9.69 Å². The summed E-state index contributed by atoms with van der Waals surface area (Å²) in [4.78, 5) is 16.5. The molecule has 4 nitrogen and oxygen atoms in total. The number of carbonyl (C=O) groups is 1. The van der Waals surface area contributed by atoms with Crippen LogP contribution in [0.2, 0.25) is 0 Å². The SMILES string of the molecule is CC(C)(C)[C@H](N)C(=O)N1CCCN(Cc2ccc(C(F)(F)F)cc2)CC1. The van der Waals surface area contributed by atoms with Crippen LogP contribution in [0.1, 0.15) is 38.3 Å². The van der Waals surface area contributed by atoms with E-state index in [0.29, 0.717) is 26.2 Å². The van der Waals surface area contributed by atoms with Crippen molar-refractivity contribution >= 4 is 5.91 Å². The Morgan fingerprint density at radius 1 is 1.08 bits per heavy atom. The average Bonchev–Trinajstić information content (AvgIpc) is 2.78. The molecule has 1 aromatic rings. The number of carbonyl (C=O) groups excluding carboxylic acids is 1. The molecular weight excluding hydrogens is 343 g/mol. The third-order valence-electron chi connectivity index (χ3n) is 4.79. The molecular formula is C19H28F3N3O. The molecule has 1 fully saturated rings. The summed E-state index contributed by atoms with van der Waals surface area (Å²) in [6, 6.07) is 4.73. The van der Waals surface area contributed by atoms with Crippen molar-refractivity contribution in [3.8, 4) is 0 Å². The molecule has 0 spiro atoms. The molecule has 1 aliphatic rings. The zero-order chi connectivity index (χ0) is 19.5. The van der Waals surface area contributed by atoms with E-state index in [9.17, 15) is 18.0 Å². The zero-order valence-electron chi connectivity index (χ0n) is 15.6. The Bertz CT molecular complexity index is 608. The van der Waals surface area contributed by atoms with E-state index >= 15 is 0 Å². The Labute approximate surface area is 153 Å². The van der Waals surface area contributed by atoms with E-state index < -0.39 is 17.8 Å². The third-order valence-corrected chi connectivity index (χ3v) is 4.79. The maximum Gasteiger partial charge on any atom is 0.416 e. The van der Waals surface area contributed by atoms with E-state index in [4.69, 9.17) is 5.73 Å². The summed E-state index contributed by atoms with van der Waals surface area (Å²) in [7, 11) is 0. The molecule has 2 N–H and O–H groups in total. The lowest BCUT2D eigenvalue weighted by molar-refractivity contribution is -0.137. The van der Waals surface area contributed by atoms with Crippen molar-refractivity contribution in [2.45, 2.75) is 46.0 Å². The van der Waals surface area contributed by atoms with Gasteiger partial charge in [0, 0.05) is 32.7 Å². The number of hydrogen-bond acceptors (Lipinski definition) is 3. The minimum Gasteiger partial charge on any atom is -0.340 e. The fourth-order valence-electron chi connectivity index (χ4n) is 2.97. The summed E-state index contributed by atoms with van der Waals surface area (Å²) in [6.07, 6.45) is -3.49. The molecule has 26 heavy (non-hydrogen) atoms. The first kappa shape index (κ1) is 20.7. The first-order chi connectivity index (χ1) is 12.0. The molecule has 0 saturated carbocycles. The van der Waals surface area contributed by atoms with Gasteiger partial charge in [0.25, 0.3) is 0 Å². The van der Waals surface area contributed by atoms with Crippen LogP contribution in [-0.4, -0.2) is 47.9 Å². The Kier molecular flexibility index (Phi) is 6.34. The van der Waals surface area contributed by atoms with E-state index in [2.05, 4.69) is 4.90 Å². The Morgan fingerprint density at radius 3 is 2.23 bits per heavy atom. The van der Waals surface area contributed by atoms with Gasteiger partial charge in [-0.15, -0.1) is 0 Å². The van der Waals surface area contributed by atoms with Crippen LogP contribution in [0.25, 0.3) is 0 Å². The van der Waals surface area contributed by atoms with Crippen LogP contribution >= 0.6 is 0 Å². The minimum atomic E-state index is -4.31. The Hall–Kier alpha value is -1.60. The van der Waals surface area contributed by atoms with Gasteiger partial charge in [-0.05, 0) is 29.5 Å². The Morgan fingerprint density at radius 2 is 1.69 bits per heavy atom. The molecule has 1 aliphatic heterocycles. The summed E-state index contributed by atoms with van der Waals surface area (Å²) >= 11 is 0. The van der Waals surface area contributed by atoms with Crippen molar-refractivity contribution in [1.82, 2.24) is 9.80 Å². The van der Waals surface area contributed by atoms with E-state index in [1.165, 1.54) is 12.1 Å². The van der Waals surface area contributed by atoms with Gasteiger partial charge in [-0.1, -0.05) is 32.9 Å². The van der Waals surface area contributed by atoms with E-state index in [0.717, 1.165) is 30.7 Å². The van der Waals surface area contributed by atoms with Crippen molar-refractivity contribution in [1.29, 1.82) is 0 Å². The summed E-state index contributed by atoms with van der Waals surface area (Å²) in [5.41, 5.74) is 6.00. The monoisotopic (exact) mass is 371 g/mol. The number of nitrogens with zero attached hydrogens (tertiary/aromatic N) is 2. The molecule has 1 atom stereocenters. The topological polar surface area (TPSA) is 49.6 Å². The summed E-state index contributed by atoms with van der Waals surface area (Å²) in [5.74, 6) is -0.0334. The molecule has 0 aromatic heterocycles. The van der Waals surface area contributed by atoms with Crippen LogP contribution in [0.15, 0.2) is 24.3 Å². The first-order valence-corrected chi connectivity index (χ1v) is 8.91. The van der Waals surface area contributed by atoms with Gasteiger partial charge in [-0.2, -0.15) is 13.2 Å². The number of benzene rings is 1. The quantitative estimate of drug-likeness (QED) is 0.888. The second-order valence-electron chi connectivity index (χ2n) is 7.99. The van der Waals surface area contributed by atoms with Crippen LogP contribution in [0.5, 0.6) is 0 Å². The molecule has 2 rings (SSSR count). The van der Waals surface area contributed by atoms with Gasteiger partial charge >= 0.3 is 6.18 Å². The number of nitrogens with two attached hydrogens (primary N) is 1. The predicted molar refractivity (Wildman–Crippen MR) is 95.3 cm³/mol. The molecule has 1 amide bonds. The fourth-order valence-corrected chi connectivity index (χ4v) is 2.97. The highest BCUT2D eigenvalue weighted by Crippen LogP contribution is 2.29. The largest absolute Gasteiger partial charge is 0.416 e. The fraction of sp³-hybridized carbons (Fsp3) is 0.632. The number of alkyl halides is 3. The van der Waals surface area contributed by atoms with Crippen LogP contribution < -0.4 is 5.73 Å². The standard InChI is InChI=1S/C19H28F3N3O/c1-18(2,3)16(23)17(26)25-10-4-9-24(11-12-25)13-14-5-7-15(8-6-14)19(20,21)22/h5-8,16H,4,9-13,23H2,1-3H3/t16-/m1/s1. The normalized spacial score (nSPS) is 18.5. The lowest BCUT2D eigenvalue weighted by Gasteiger charge is -2.31. The molecule has 7 heteroatoms. The van der Waals surface area contributed by atoms with Crippen LogP contribution in [0.3, 0.4) is 0 Å². The lowest BCUT2D eigenvalue weighted by Crippen LogP contribution is -2.51. The van der Waals surface area contributed by atoms with Gasteiger partial charge in [0.1, 0.15) is 0 Å². The first-order valence-electron chi connectivity index (χ1n) is 8.91. The van der Waals surface area contributed by atoms with Crippen molar-refractivity contribution in [3.63, 3.8) is 0 Å². The van der Waals surface area contributed by atoms with Gasteiger partial charge in [0.15, 0.2) is 0 Å². The zero-order valence-corrected chi connectivity index (χ0v) is 15.6. The van der Waals surface area contributed by atoms with Gasteiger partial charge in [-0.25, -0.2) is 0 Å². The van der Waals surface area contributed by atoms with Crippen molar-refractivity contribution in [3.05, 3.63) is 35.4 Å². The number of rotatable bonds is 3. The lowest BCUT2D eigenvalue weighted by atomic mass is 9.86. The highest BCUT2D eigenvalue weighted by Gasteiger charge is 2.32. The molecule has 0 radical (unpaired) electrons. The summed E-state index contributed by atoms with van der Waals surface area (Å²) in [5, 5.41) is 0. The molecule has 0 aliphatic carbocycles. The van der Waals surface area contributed by atoms with Gasteiger partial charge < -0.3 is 10.6 Å². The Balaban J connectivity index is 1.93. The van der Waals surface area contributed by atoms with Crippen molar-refractivity contribution in [2.24, 2.45) is 11.1 Å². The molecule has 1 saturated heterocycles. The van der Waals surface area contributed by atoms with Gasteiger partial charge in [0.2, 0.25) is 5.91 Å². The third kappa shape index (κ3) is 5.45. The average molecular weight is 371 g/mol. The molecule has 1 aromatic carbocycles. The second-order valence-corrected chi connectivity index (χ2v) is 7.99. The summed E-state index contributed by atoms with van der Waals surface area (Å²) in [6.45, 7) is 9.15. The highest BCUT2D eigenvalue weighted by atomic mass is 19.4. The number of hydrogen-bond donors (Lipinski definition) is 1. The maximum absolute atomic E-state index is 12.6. The number of amides is 1. The van der Waals surface area contributed by atoms with Crippen molar-refractivity contribution in [2.75, 3.05) is 26.2 Å². The van der Waals surface area contributed by atoms with Gasteiger partial charge in [0.05, 0.1) is 11.6 Å². The number of halogens is 3. The molecule has 0 bridgehead atoms. The predicted octanol–water partition coefficient (Wildman–Crippen LogP) is 3.11. The summed E-state index contributed by atoms with van der Waals surface area (Å²) < 4.78 is 37.9. The van der Waals surface area contributed by atoms with E-state index in [1.807, 2.05) is 25.7 Å². The molecule has 1 heterocycles. The van der Waals surface area contributed by atoms with Crippen LogP contribution in [-0.2, 0) is 17.5 Å².